The average Bonchev–Trinajstić information content (AvgIpc) is 3.58. The first-order chi connectivity index (χ1) is 23.5. The molecule has 0 nitrogen and oxygen atoms in total. The third-order valence-electron chi connectivity index (χ3n) is 12.7. The molecule has 258 valence electrons. The molecule has 0 spiro atoms. The van der Waals surface area contributed by atoms with Crippen LogP contribution in [0.5, 0.6) is 0 Å². The van der Waals surface area contributed by atoms with Gasteiger partial charge in [-0.25, -0.2) is 0 Å². The molecule has 0 saturated heterocycles. The van der Waals surface area contributed by atoms with E-state index in [9.17, 15) is 0 Å². The zero-order valence-electron chi connectivity index (χ0n) is 33.4. The summed E-state index contributed by atoms with van der Waals surface area (Å²) in [5.41, 5.74) is 22.7. The number of rotatable bonds is 0. The molecular formula is C51H54. The standard InChI is InChI=1S/C51H54/c1-47(2,3)29-15-27-17-31(49(7,8)9)21-41-35-25-43-37(23-33(35)39(19-29)45(27)41)38-24-34-36(26-44(38)51(43,13)14)42-22-32(50(10,11)12)18-28-16-30(48(4,5)6)20-40(34)46(28)42/h15-26H,1-14H3. The Morgan fingerprint density at radius 1 is 0.294 bits per heavy atom. The van der Waals surface area contributed by atoms with E-state index in [-0.39, 0.29) is 27.1 Å². The van der Waals surface area contributed by atoms with Crippen molar-refractivity contribution in [2.75, 3.05) is 0 Å². The van der Waals surface area contributed by atoms with Crippen LogP contribution in [0.3, 0.4) is 0 Å². The molecule has 0 unspecified atom stereocenters. The molecule has 0 bridgehead atoms. The van der Waals surface area contributed by atoms with Crippen LogP contribution < -0.4 is 0 Å². The van der Waals surface area contributed by atoms with Gasteiger partial charge in [-0.05, 0) is 181 Å². The Bertz CT molecular complexity index is 2360. The van der Waals surface area contributed by atoms with Gasteiger partial charge in [0.05, 0.1) is 0 Å². The molecule has 0 aromatic heterocycles. The molecule has 0 fully saturated rings. The molecule has 0 aliphatic heterocycles. The molecule has 0 saturated carbocycles. The summed E-state index contributed by atoms with van der Waals surface area (Å²) >= 11 is 0. The summed E-state index contributed by atoms with van der Waals surface area (Å²) in [5.74, 6) is 0. The minimum absolute atomic E-state index is 0.0615. The van der Waals surface area contributed by atoms with Crippen LogP contribution in [0.15, 0.2) is 72.8 Å². The third-order valence-corrected chi connectivity index (χ3v) is 12.7. The summed E-state index contributed by atoms with van der Waals surface area (Å²) in [4.78, 5) is 0. The van der Waals surface area contributed by atoms with E-state index >= 15 is 0 Å². The molecule has 6 aromatic rings. The van der Waals surface area contributed by atoms with Crippen molar-refractivity contribution in [2.24, 2.45) is 0 Å². The second kappa shape index (κ2) is 9.63. The largest absolute Gasteiger partial charge is 0.0561 e. The van der Waals surface area contributed by atoms with E-state index < -0.39 is 0 Å². The van der Waals surface area contributed by atoms with Gasteiger partial charge in [0.25, 0.3) is 0 Å². The average molecular weight is 667 g/mol. The molecule has 6 aromatic carbocycles. The number of benzene rings is 6. The molecule has 0 heteroatoms. The highest BCUT2D eigenvalue weighted by Crippen LogP contribution is 2.60. The minimum atomic E-state index is -0.118. The maximum Gasteiger partial charge on any atom is 0.0159 e. The van der Waals surface area contributed by atoms with E-state index in [1.807, 2.05) is 0 Å². The van der Waals surface area contributed by atoms with E-state index in [4.69, 9.17) is 0 Å². The summed E-state index contributed by atoms with van der Waals surface area (Å²) < 4.78 is 0. The van der Waals surface area contributed by atoms with Gasteiger partial charge >= 0.3 is 0 Å². The lowest BCUT2D eigenvalue weighted by molar-refractivity contribution is 0.589. The predicted molar refractivity (Wildman–Crippen MR) is 223 cm³/mol. The lowest BCUT2D eigenvalue weighted by Crippen LogP contribution is -2.15. The smallest absolute Gasteiger partial charge is 0.0159 e. The van der Waals surface area contributed by atoms with Gasteiger partial charge in [0, 0.05) is 5.41 Å². The Kier molecular flexibility index (Phi) is 6.18. The molecule has 51 heavy (non-hydrogen) atoms. The Morgan fingerprint density at radius 3 is 0.804 bits per heavy atom. The lowest BCUT2D eigenvalue weighted by atomic mass is 9.79. The van der Waals surface area contributed by atoms with Crippen LogP contribution in [-0.4, -0.2) is 0 Å². The fourth-order valence-electron chi connectivity index (χ4n) is 9.33. The Balaban J connectivity index is 1.32. The van der Waals surface area contributed by atoms with Crippen LogP contribution in [0.1, 0.15) is 130 Å². The van der Waals surface area contributed by atoms with Crippen molar-refractivity contribution in [1.29, 1.82) is 0 Å². The van der Waals surface area contributed by atoms with E-state index in [1.165, 1.54) is 111 Å². The highest BCUT2D eigenvalue weighted by atomic mass is 14.4. The molecule has 0 radical (unpaired) electrons. The molecule has 0 atom stereocenters. The Hall–Kier alpha value is -4.16. The third kappa shape index (κ3) is 4.51. The summed E-state index contributed by atoms with van der Waals surface area (Å²) in [6, 6.07) is 30.2. The number of fused-ring (bicyclic) bond motifs is 9. The zero-order valence-corrected chi connectivity index (χ0v) is 33.4. The quantitative estimate of drug-likeness (QED) is 0.151. The lowest BCUT2D eigenvalue weighted by Gasteiger charge is -2.24. The molecule has 0 amide bonds. The van der Waals surface area contributed by atoms with Crippen LogP contribution >= 0.6 is 0 Å². The summed E-state index contributed by atoms with van der Waals surface area (Å²) in [6.45, 7) is 33.1. The fourth-order valence-corrected chi connectivity index (χ4v) is 9.33. The van der Waals surface area contributed by atoms with Crippen LogP contribution in [0.25, 0.3) is 77.2 Å². The Morgan fingerprint density at radius 2 is 0.549 bits per heavy atom. The van der Waals surface area contributed by atoms with Crippen molar-refractivity contribution in [1.82, 2.24) is 0 Å². The van der Waals surface area contributed by atoms with E-state index in [0.717, 1.165) is 0 Å². The van der Waals surface area contributed by atoms with Crippen LogP contribution in [0.2, 0.25) is 0 Å². The number of hydrogen-bond donors (Lipinski definition) is 0. The molecule has 3 aliphatic carbocycles. The molecule has 3 aliphatic rings. The van der Waals surface area contributed by atoms with E-state index in [1.54, 1.807) is 0 Å². The Labute approximate surface area is 306 Å². The minimum Gasteiger partial charge on any atom is -0.0561 e. The summed E-state index contributed by atoms with van der Waals surface area (Å²) in [6.07, 6.45) is 0. The van der Waals surface area contributed by atoms with Crippen molar-refractivity contribution in [2.45, 2.75) is 124 Å². The first kappa shape index (κ1) is 32.7. The van der Waals surface area contributed by atoms with Gasteiger partial charge in [-0.3, -0.25) is 0 Å². The summed E-state index contributed by atoms with van der Waals surface area (Å²) in [5, 5.41) is 5.61. The van der Waals surface area contributed by atoms with Gasteiger partial charge < -0.3 is 0 Å². The van der Waals surface area contributed by atoms with Crippen molar-refractivity contribution in [3.8, 4) is 55.6 Å². The normalized spacial score (nSPS) is 15.4. The van der Waals surface area contributed by atoms with Crippen LogP contribution in [0.4, 0.5) is 0 Å². The molecule has 0 heterocycles. The van der Waals surface area contributed by atoms with Crippen molar-refractivity contribution < 1.29 is 0 Å². The SMILES string of the molecule is CC(C)(C)c1cc2c3c(cc(C(C)(C)C)cc3c1)-c1cc3c(cc1-2)-c1cc2c(cc1C3(C)C)-c1cc(C(C)(C)C)cc3cc(C(C)(C)C)cc-2c13. The molecule has 0 N–H and O–H groups in total. The van der Waals surface area contributed by atoms with Gasteiger partial charge in [-0.1, -0.05) is 121 Å². The van der Waals surface area contributed by atoms with E-state index in [2.05, 4.69) is 170 Å². The van der Waals surface area contributed by atoms with Crippen molar-refractivity contribution in [3.05, 3.63) is 106 Å². The maximum absolute atomic E-state index is 2.58. The second-order valence-electron chi connectivity index (χ2n) is 20.8. The summed E-state index contributed by atoms with van der Waals surface area (Å²) in [7, 11) is 0. The van der Waals surface area contributed by atoms with Gasteiger partial charge in [-0.15, -0.1) is 0 Å². The van der Waals surface area contributed by atoms with Crippen molar-refractivity contribution >= 4 is 21.5 Å². The van der Waals surface area contributed by atoms with Gasteiger partial charge in [0.1, 0.15) is 0 Å². The zero-order chi connectivity index (χ0) is 36.5. The first-order valence-electron chi connectivity index (χ1n) is 19.2. The van der Waals surface area contributed by atoms with Crippen LogP contribution in [0, 0.1) is 0 Å². The highest BCUT2D eigenvalue weighted by Gasteiger charge is 2.40. The van der Waals surface area contributed by atoms with Crippen LogP contribution in [-0.2, 0) is 27.1 Å². The second-order valence-corrected chi connectivity index (χ2v) is 20.8. The van der Waals surface area contributed by atoms with Gasteiger partial charge in [0.2, 0.25) is 0 Å². The van der Waals surface area contributed by atoms with Gasteiger partial charge in [-0.2, -0.15) is 0 Å². The predicted octanol–water partition coefficient (Wildman–Crippen LogP) is 14.8. The number of hydrogen-bond acceptors (Lipinski definition) is 0. The monoisotopic (exact) mass is 666 g/mol. The van der Waals surface area contributed by atoms with Crippen molar-refractivity contribution in [3.63, 3.8) is 0 Å². The molecular weight excluding hydrogens is 613 g/mol. The highest BCUT2D eigenvalue weighted by molar-refractivity contribution is 6.19. The van der Waals surface area contributed by atoms with Gasteiger partial charge in [0.15, 0.2) is 0 Å². The maximum atomic E-state index is 2.58. The molecule has 9 rings (SSSR count). The van der Waals surface area contributed by atoms with E-state index in [0.29, 0.717) is 0 Å². The fraction of sp³-hybridized carbons (Fsp3) is 0.373. The first-order valence-corrected chi connectivity index (χ1v) is 19.2. The topological polar surface area (TPSA) is 0 Å².